The highest BCUT2D eigenvalue weighted by molar-refractivity contribution is 6.39. The summed E-state index contributed by atoms with van der Waals surface area (Å²) in [6, 6.07) is 21.5. The van der Waals surface area contributed by atoms with E-state index in [9.17, 15) is 22.8 Å². The Morgan fingerprint density at radius 1 is 0.844 bits per heavy atom. The lowest BCUT2D eigenvalue weighted by molar-refractivity contribution is -0.137. The molecule has 0 unspecified atom stereocenters. The first-order chi connectivity index (χ1) is 15.3. The molecule has 3 aromatic rings. The molecule has 0 aliphatic heterocycles. The monoisotopic (exact) mass is 442 g/mol. The fraction of sp³-hybridized carbons (Fsp3) is 0.167. The standard InChI is InChI=1S/C24H21F3N2O3/c25-24(26,27)19-10-6-11-20(16-19)29-23(31)22(30)28-13-14-32-21-12-5-4-9-18(21)15-17-7-2-1-3-8-17/h1-12,16H,13-15H2,(H,28,30)(H,29,31). The van der Waals surface area contributed by atoms with E-state index in [0.29, 0.717) is 12.2 Å². The maximum Gasteiger partial charge on any atom is 0.416 e. The van der Waals surface area contributed by atoms with Gasteiger partial charge in [-0.1, -0.05) is 54.6 Å². The largest absolute Gasteiger partial charge is 0.491 e. The molecule has 0 spiro atoms. The third-order valence-corrected chi connectivity index (χ3v) is 4.51. The van der Waals surface area contributed by atoms with Crippen LogP contribution < -0.4 is 15.4 Å². The SMILES string of the molecule is O=C(NCCOc1ccccc1Cc1ccccc1)C(=O)Nc1cccc(C(F)(F)F)c1. The molecule has 0 aromatic heterocycles. The minimum atomic E-state index is -4.54. The van der Waals surface area contributed by atoms with Crippen LogP contribution in [0.1, 0.15) is 16.7 Å². The molecule has 8 heteroatoms. The topological polar surface area (TPSA) is 67.4 Å². The number of ether oxygens (including phenoxy) is 1. The number of nitrogens with one attached hydrogen (secondary N) is 2. The van der Waals surface area contributed by atoms with Crippen LogP contribution in [0.2, 0.25) is 0 Å². The van der Waals surface area contributed by atoms with Crippen LogP contribution >= 0.6 is 0 Å². The zero-order valence-electron chi connectivity index (χ0n) is 17.0. The Balaban J connectivity index is 1.48. The molecular weight excluding hydrogens is 421 g/mol. The predicted octanol–water partition coefficient (Wildman–Crippen LogP) is 4.43. The number of alkyl halides is 3. The van der Waals surface area contributed by atoms with Crippen LogP contribution in [0, 0.1) is 0 Å². The number of hydrogen-bond acceptors (Lipinski definition) is 3. The quantitative estimate of drug-likeness (QED) is 0.420. The van der Waals surface area contributed by atoms with Crippen molar-refractivity contribution in [2.24, 2.45) is 0 Å². The first kappa shape index (κ1) is 22.9. The average molecular weight is 442 g/mol. The van der Waals surface area contributed by atoms with Gasteiger partial charge in [0.05, 0.1) is 12.1 Å². The van der Waals surface area contributed by atoms with Gasteiger partial charge in [0.2, 0.25) is 0 Å². The van der Waals surface area contributed by atoms with Crippen LogP contribution in [0.3, 0.4) is 0 Å². The van der Waals surface area contributed by atoms with Crippen molar-refractivity contribution in [1.82, 2.24) is 5.32 Å². The second-order valence-electron chi connectivity index (χ2n) is 6.91. The van der Waals surface area contributed by atoms with Crippen LogP contribution in [-0.2, 0) is 22.2 Å². The van der Waals surface area contributed by atoms with Crippen LogP contribution in [0.4, 0.5) is 18.9 Å². The van der Waals surface area contributed by atoms with Crippen LogP contribution in [0.25, 0.3) is 0 Å². The lowest BCUT2D eigenvalue weighted by Gasteiger charge is -2.12. The minimum absolute atomic E-state index is 0.0501. The van der Waals surface area contributed by atoms with Crippen LogP contribution in [0.5, 0.6) is 5.75 Å². The molecule has 2 N–H and O–H groups in total. The summed E-state index contributed by atoms with van der Waals surface area (Å²) in [6.07, 6.45) is -3.86. The van der Waals surface area contributed by atoms with Gasteiger partial charge in [-0.05, 0) is 35.4 Å². The Kier molecular flexibility index (Phi) is 7.49. The molecule has 0 fully saturated rings. The lowest BCUT2D eigenvalue weighted by Crippen LogP contribution is -2.37. The molecule has 0 saturated carbocycles. The van der Waals surface area contributed by atoms with Crippen LogP contribution in [-0.4, -0.2) is 25.0 Å². The molecule has 166 valence electrons. The van der Waals surface area contributed by atoms with Crippen molar-refractivity contribution in [2.45, 2.75) is 12.6 Å². The molecule has 32 heavy (non-hydrogen) atoms. The van der Waals surface area contributed by atoms with Crippen molar-refractivity contribution >= 4 is 17.5 Å². The average Bonchev–Trinajstić information content (AvgIpc) is 2.78. The Morgan fingerprint density at radius 3 is 2.31 bits per heavy atom. The zero-order valence-corrected chi connectivity index (χ0v) is 17.0. The fourth-order valence-corrected chi connectivity index (χ4v) is 2.97. The normalized spacial score (nSPS) is 11.0. The molecule has 3 rings (SSSR count). The molecule has 0 atom stereocenters. The molecule has 0 bridgehead atoms. The Morgan fingerprint density at radius 2 is 1.56 bits per heavy atom. The third kappa shape index (κ3) is 6.60. The number of amides is 2. The summed E-state index contributed by atoms with van der Waals surface area (Å²) in [6.45, 7) is 0.170. The summed E-state index contributed by atoms with van der Waals surface area (Å²) in [7, 11) is 0. The van der Waals surface area contributed by atoms with Gasteiger partial charge in [-0.25, -0.2) is 0 Å². The number of anilines is 1. The summed E-state index contributed by atoms with van der Waals surface area (Å²) in [5.74, 6) is -1.36. The van der Waals surface area contributed by atoms with Crippen molar-refractivity contribution in [3.05, 3.63) is 95.6 Å². The van der Waals surface area contributed by atoms with E-state index >= 15 is 0 Å². The molecule has 0 radical (unpaired) electrons. The van der Waals surface area contributed by atoms with E-state index in [1.165, 1.54) is 6.07 Å². The molecular formula is C24H21F3N2O3. The molecule has 0 aliphatic rings. The van der Waals surface area contributed by atoms with Gasteiger partial charge in [0.1, 0.15) is 12.4 Å². The smallest absolute Gasteiger partial charge is 0.416 e. The van der Waals surface area contributed by atoms with Gasteiger partial charge in [0, 0.05) is 12.1 Å². The number of rotatable bonds is 7. The second kappa shape index (κ2) is 10.5. The van der Waals surface area contributed by atoms with Gasteiger partial charge < -0.3 is 15.4 Å². The highest BCUT2D eigenvalue weighted by Gasteiger charge is 2.30. The highest BCUT2D eigenvalue weighted by Crippen LogP contribution is 2.30. The van der Waals surface area contributed by atoms with Gasteiger partial charge in [-0.3, -0.25) is 9.59 Å². The maximum absolute atomic E-state index is 12.8. The molecule has 2 amide bonds. The summed E-state index contributed by atoms with van der Waals surface area (Å²) in [5.41, 5.74) is 1.07. The zero-order chi connectivity index (χ0) is 23.0. The number of carbonyl (C=O) groups is 2. The number of halogens is 3. The summed E-state index contributed by atoms with van der Waals surface area (Å²) < 4.78 is 44.0. The first-order valence-corrected chi connectivity index (χ1v) is 9.84. The molecule has 0 saturated heterocycles. The minimum Gasteiger partial charge on any atom is -0.491 e. The second-order valence-corrected chi connectivity index (χ2v) is 6.91. The van der Waals surface area contributed by atoms with Gasteiger partial charge in [-0.15, -0.1) is 0 Å². The Bertz CT molecular complexity index is 1070. The van der Waals surface area contributed by atoms with E-state index in [4.69, 9.17) is 4.74 Å². The van der Waals surface area contributed by atoms with E-state index < -0.39 is 23.6 Å². The van der Waals surface area contributed by atoms with Gasteiger partial charge in [0.25, 0.3) is 0 Å². The fourth-order valence-electron chi connectivity index (χ4n) is 2.97. The van der Waals surface area contributed by atoms with Crippen molar-refractivity contribution in [2.75, 3.05) is 18.5 Å². The van der Waals surface area contributed by atoms with Crippen molar-refractivity contribution in [1.29, 1.82) is 0 Å². The highest BCUT2D eigenvalue weighted by atomic mass is 19.4. The van der Waals surface area contributed by atoms with E-state index in [-0.39, 0.29) is 18.8 Å². The van der Waals surface area contributed by atoms with Crippen molar-refractivity contribution in [3.8, 4) is 5.75 Å². The molecule has 5 nitrogen and oxygen atoms in total. The number of carbonyl (C=O) groups excluding carboxylic acids is 2. The first-order valence-electron chi connectivity index (χ1n) is 9.84. The van der Waals surface area contributed by atoms with Crippen molar-refractivity contribution < 1.29 is 27.5 Å². The maximum atomic E-state index is 12.8. The van der Waals surface area contributed by atoms with Gasteiger partial charge >= 0.3 is 18.0 Å². The Hall–Kier alpha value is -3.81. The molecule has 3 aromatic carbocycles. The Labute approximate surface area is 183 Å². The lowest BCUT2D eigenvalue weighted by atomic mass is 10.0. The summed E-state index contributed by atoms with van der Waals surface area (Å²) >= 11 is 0. The van der Waals surface area contributed by atoms with Gasteiger partial charge in [0.15, 0.2) is 0 Å². The van der Waals surface area contributed by atoms with Crippen molar-refractivity contribution in [3.63, 3.8) is 0 Å². The third-order valence-electron chi connectivity index (χ3n) is 4.51. The van der Waals surface area contributed by atoms with E-state index in [2.05, 4.69) is 10.6 Å². The molecule has 0 heterocycles. The summed E-state index contributed by atoms with van der Waals surface area (Å²) in [5, 5.41) is 4.55. The number of hydrogen-bond donors (Lipinski definition) is 2. The van der Waals surface area contributed by atoms with E-state index in [0.717, 1.165) is 29.3 Å². The van der Waals surface area contributed by atoms with Crippen LogP contribution in [0.15, 0.2) is 78.9 Å². The van der Waals surface area contributed by atoms with E-state index in [1.807, 2.05) is 54.6 Å². The van der Waals surface area contributed by atoms with E-state index in [1.54, 1.807) is 0 Å². The number of benzene rings is 3. The molecule has 0 aliphatic carbocycles. The summed E-state index contributed by atoms with van der Waals surface area (Å²) in [4.78, 5) is 23.9. The predicted molar refractivity (Wildman–Crippen MR) is 114 cm³/mol. The van der Waals surface area contributed by atoms with Gasteiger partial charge in [-0.2, -0.15) is 13.2 Å². The number of para-hydroxylation sites is 1.